The van der Waals surface area contributed by atoms with E-state index in [0.29, 0.717) is 23.3 Å². The predicted molar refractivity (Wildman–Crippen MR) is 106 cm³/mol. The third kappa shape index (κ3) is 4.28. The number of amides is 1. The molecular formula is C22H26NO6-. The normalized spacial score (nSPS) is 15.4. The molecule has 0 unspecified atom stereocenters. The van der Waals surface area contributed by atoms with E-state index in [-0.39, 0.29) is 18.2 Å². The van der Waals surface area contributed by atoms with Gasteiger partial charge in [0.1, 0.15) is 11.3 Å². The second-order valence-electron chi connectivity index (χ2n) is 7.66. The largest absolute Gasteiger partial charge is 0.548 e. The number of carboxylic acid groups (broad SMARTS) is 1. The predicted octanol–water partition coefficient (Wildman–Crippen LogP) is 1.64. The van der Waals surface area contributed by atoms with Crippen molar-refractivity contribution < 1.29 is 23.8 Å². The number of carboxylic acids is 1. The number of ether oxygens (including phenoxy) is 1. The molecule has 0 fully saturated rings. The van der Waals surface area contributed by atoms with Crippen LogP contribution in [0, 0.1) is 12.8 Å². The fourth-order valence-electron chi connectivity index (χ4n) is 3.81. The van der Waals surface area contributed by atoms with Crippen LogP contribution in [0.5, 0.6) is 5.75 Å². The van der Waals surface area contributed by atoms with Gasteiger partial charge in [-0.15, -0.1) is 0 Å². The van der Waals surface area contributed by atoms with Gasteiger partial charge in [-0.05, 0) is 56.2 Å². The molecule has 7 nitrogen and oxygen atoms in total. The van der Waals surface area contributed by atoms with E-state index in [1.54, 1.807) is 19.9 Å². The van der Waals surface area contributed by atoms with E-state index in [1.807, 2.05) is 13.0 Å². The minimum atomic E-state index is -1.32. The summed E-state index contributed by atoms with van der Waals surface area (Å²) >= 11 is 0. The monoisotopic (exact) mass is 400 g/mol. The highest BCUT2D eigenvalue weighted by atomic mass is 16.5. The van der Waals surface area contributed by atoms with Crippen LogP contribution in [-0.4, -0.2) is 24.5 Å². The smallest absolute Gasteiger partial charge is 0.339 e. The molecule has 2 atom stereocenters. The maximum atomic E-state index is 12.4. The molecule has 3 rings (SSSR count). The van der Waals surface area contributed by atoms with Gasteiger partial charge < -0.3 is 24.4 Å². The van der Waals surface area contributed by atoms with Crippen LogP contribution in [0.15, 0.2) is 21.3 Å². The zero-order valence-electron chi connectivity index (χ0n) is 17.0. The Kier molecular flexibility index (Phi) is 6.25. The van der Waals surface area contributed by atoms with Crippen molar-refractivity contribution in [2.45, 2.75) is 58.9 Å². The Hall–Kier alpha value is -2.83. The Morgan fingerprint density at radius 3 is 2.59 bits per heavy atom. The first-order valence-corrected chi connectivity index (χ1v) is 10.0. The number of aliphatic carboxylic acids is 1. The van der Waals surface area contributed by atoms with Crippen LogP contribution in [0.25, 0.3) is 11.0 Å². The van der Waals surface area contributed by atoms with E-state index in [2.05, 4.69) is 5.32 Å². The number of rotatable bonds is 7. The summed E-state index contributed by atoms with van der Waals surface area (Å²) in [6.07, 6.45) is 4.20. The molecule has 2 aromatic rings. The lowest BCUT2D eigenvalue weighted by Gasteiger charge is -2.25. The van der Waals surface area contributed by atoms with Gasteiger partial charge in [0.15, 0.2) is 6.61 Å². The highest BCUT2D eigenvalue weighted by Crippen LogP contribution is 2.32. The fraction of sp³-hybridized carbons (Fsp3) is 0.500. The van der Waals surface area contributed by atoms with Gasteiger partial charge in [0.05, 0.1) is 12.0 Å². The van der Waals surface area contributed by atoms with Crippen molar-refractivity contribution in [3.63, 3.8) is 0 Å². The quantitative estimate of drug-likeness (QED) is 0.708. The van der Waals surface area contributed by atoms with E-state index in [9.17, 15) is 19.5 Å². The molecule has 1 amide bonds. The molecule has 1 N–H and O–H groups in total. The summed E-state index contributed by atoms with van der Waals surface area (Å²) in [5.41, 5.74) is 2.60. The maximum absolute atomic E-state index is 12.4. The van der Waals surface area contributed by atoms with Crippen molar-refractivity contribution in [3.05, 3.63) is 39.2 Å². The average molecular weight is 400 g/mol. The average Bonchev–Trinajstić information content (AvgIpc) is 2.71. The second-order valence-corrected chi connectivity index (χ2v) is 7.66. The zero-order valence-corrected chi connectivity index (χ0v) is 17.0. The first-order chi connectivity index (χ1) is 13.8. The van der Waals surface area contributed by atoms with Crippen LogP contribution in [0.3, 0.4) is 0 Å². The Labute approximate surface area is 169 Å². The number of carbonyl (C=O) groups excluding carboxylic acids is 2. The molecule has 7 heteroatoms. The minimum absolute atomic E-state index is 0.258. The number of hydrogen-bond donors (Lipinski definition) is 1. The third-order valence-corrected chi connectivity index (χ3v) is 5.73. The Morgan fingerprint density at radius 2 is 1.93 bits per heavy atom. The first-order valence-electron chi connectivity index (χ1n) is 10.0. The lowest BCUT2D eigenvalue weighted by atomic mass is 9.90. The van der Waals surface area contributed by atoms with Gasteiger partial charge in [-0.2, -0.15) is 0 Å². The molecule has 1 aromatic carbocycles. The summed E-state index contributed by atoms with van der Waals surface area (Å²) in [6, 6.07) is 2.54. The number of fused-ring (bicyclic) bond motifs is 3. The van der Waals surface area contributed by atoms with Crippen LogP contribution in [-0.2, 0) is 22.4 Å². The standard InChI is InChI=1S/C22H27NO6/c1-4-12(2)19(21(25)26)23-18(24)11-28-17-10-9-15-14-7-5-6-8-16(14)22(27)29-20(15)13(17)3/h9-10,12,19H,4-8,11H2,1-3H3,(H,23,24)(H,25,26)/p-1/t12-,19-/m0/s1. The van der Waals surface area contributed by atoms with E-state index < -0.39 is 17.9 Å². The van der Waals surface area contributed by atoms with Gasteiger partial charge in [-0.25, -0.2) is 4.79 Å². The molecule has 29 heavy (non-hydrogen) atoms. The molecule has 1 aliphatic carbocycles. The minimum Gasteiger partial charge on any atom is -0.548 e. The Morgan fingerprint density at radius 1 is 1.24 bits per heavy atom. The van der Waals surface area contributed by atoms with Crippen molar-refractivity contribution in [1.29, 1.82) is 0 Å². The summed E-state index contributed by atoms with van der Waals surface area (Å²) in [5.74, 6) is -1.71. The van der Waals surface area contributed by atoms with Gasteiger partial charge in [0.2, 0.25) is 0 Å². The van der Waals surface area contributed by atoms with Gasteiger partial charge in [-0.3, -0.25) is 4.79 Å². The van der Waals surface area contributed by atoms with Crippen LogP contribution >= 0.6 is 0 Å². The second kappa shape index (κ2) is 8.68. The molecule has 1 aromatic heterocycles. The van der Waals surface area contributed by atoms with Crippen LogP contribution in [0.2, 0.25) is 0 Å². The number of aryl methyl sites for hydroxylation is 2. The van der Waals surface area contributed by atoms with Crippen LogP contribution in [0.4, 0.5) is 0 Å². The van der Waals surface area contributed by atoms with E-state index in [4.69, 9.17) is 9.15 Å². The van der Waals surface area contributed by atoms with E-state index >= 15 is 0 Å². The summed E-state index contributed by atoms with van der Waals surface area (Å²) < 4.78 is 11.2. The molecular weight excluding hydrogens is 374 g/mol. The molecule has 0 aliphatic heterocycles. The van der Waals surface area contributed by atoms with Gasteiger partial charge >= 0.3 is 5.63 Å². The Balaban J connectivity index is 1.79. The van der Waals surface area contributed by atoms with E-state index in [1.165, 1.54) is 0 Å². The van der Waals surface area contributed by atoms with Crippen LogP contribution in [0.1, 0.15) is 49.8 Å². The van der Waals surface area contributed by atoms with Gasteiger partial charge in [0.25, 0.3) is 5.91 Å². The summed E-state index contributed by atoms with van der Waals surface area (Å²) in [4.78, 5) is 35.8. The summed E-state index contributed by atoms with van der Waals surface area (Å²) in [6.45, 7) is 5.00. The molecule has 0 radical (unpaired) electrons. The lowest BCUT2D eigenvalue weighted by Crippen LogP contribution is -2.52. The highest BCUT2D eigenvalue weighted by molar-refractivity contribution is 5.87. The van der Waals surface area contributed by atoms with E-state index in [0.717, 1.165) is 42.2 Å². The van der Waals surface area contributed by atoms with Crippen molar-refractivity contribution in [1.82, 2.24) is 5.32 Å². The van der Waals surface area contributed by atoms with Crippen molar-refractivity contribution in [3.8, 4) is 5.75 Å². The SMILES string of the molecule is CC[C@H](C)[C@H](NC(=O)COc1ccc2c3c(c(=O)oc2c1C)CCCC3)C(=O)[O-]. The molecule has 0 spiro atoms. The highest BCUT2D eigenvalue weighted by Gasteiger charge is 2.22. The molecule has 1 heterocycles. The number of hydrogen-bond acceptors (Lipinski definition) is 6. The molecule has 0 bridgehead atoms. The molecule has 1 aliphatic rings. The number of benzene rings is 1. The van der Waals surface area contributed by atoms with Gasteiger partial charge in [0, 0.05) is 16.5 Å². The maximum Gasteiger partial charge on any atom is 0.339 e. The summed E-state index contributed by atoms with van der Waals surface area (Å²) in [5, 5.41) is 14.6. The van der Waals surface area contributed by atoms with Crippen molar-refractivity contribution >= 4 is 22.8 Å². The Bertz CT molecular complexity index is 993. The summed E-state index contributed by atoms with van der Waals surface area (Å²) in [7, 11) is 0. The molecule has 156 valence electrons. The lowest BCUT2D eigenvalue weighted by molar-refractivity contribution is -0.309. The molecule has 0 saturated carbocycles. The zero-order chi connectivity index (χ0) is 21.1. The van der Waals surface area contributed by atoms with Gasteiger partial charge in [-0.1, -0.05) is 20.3 Å². The molecule has 0 saturated heterocycles. The van der Waals surface area contributed by atoms with Crippen molar-refractivity contribution in [2.75, 3.05) is 6.61 Å². The number of carbonyl (C=O) groups is 2. The fourth-order valence-corrected chi connectivity index (χ4v) is 3.81. The van der Waals surface area contributed by atoms with Crippen LogP contribution < -0.4 is 20.8 Å². The topological polar surface area (TPSA) is 109 Å². The number of nitrogens with one attached hydrogen (secondary N) is 1. The first kappa shape index (κ1) is 20.9. The third-order valence-electron chi connectivity index (χ3n) is 5.73. The van der Waals surface area contributed by atoms with Crippen molar-refractivity contribution in [2.24, 2.45) is 5.92 Å².